The molecule has 1 aromatic heterocycles. The second-order valence-corrected chi connectivity index (χ2v) is 5.89. The van der Waals surface area contributed by atoms with E-state index >= 15 is 0 Å². The van der Waals surface area contributed by atoms with E-state index in [1.807, 2.05) is 42.5 Å². The average Bonchev–Trinajstić information content (AvgIpc) is 2.73. The number of rotatable bonds is 8. The summed E-state index contributed by atoms with van der Waals surface area (Å²) in [6, 6.07) is 18.8. The van der Waals surface area contributed by atoms with Gasteiger partial charge in [0.15, 0.2) is 0 Å². The number of esters is 1. The van der Waals surface area contributed by atoms with E-state index in [-0.39, 0.29) is 0 Å². The number of aromatic nitrogens is 2. The van der Waals surface area contributed by atoms with Crippen LogP contribution in [0.3, 0.4) is 0 Å². The van der Waals surface area contributed by atoms with Crippen molar-refractivity contribution in [2.24, 2.45) is 0 Å². The number of carbonyl (C=O) groups is 1. The minimum absolute atomic E-state index is 0.308. The van der Waals surface area contributed by atoms with Crippen molar-refractivity contribution in [1.29, 1.82) is 0 Å². The van der Waals surface area contributed by atoms with Gasteiger partial charge in [-0.1, -0.05) is 48.5 Å². The molecule has 0 fully saturated rings. The third kappa shape index (κ3) is 4.73. The summed E-state index contributed by atoms with van der Waals surface area (Å²) in [6.07, 6.45) is 1.76. The Bertz CT molecular complexity index is 958. The van der Waals surface area contributed by atoms with Crippen LogP contribution in [0.15, 0.2) is 73.3 Å². The highest BCUT2D eigenvalue weighted by Crippen LogP contribution is 2.25. The summed E-state index contributed by atoms with van der Waals surface area (Å²) in [5.41, 5.74) is 2.74. The van der Waals surface area contributed by atoms with Gasteiger partial charge in [0.1, 0.15) is 5.82 Å². The molecule has 0 bridgehead atoms. The van der Waals surface area contributed by atoms with E-state index in [2.05, 4.69) is 27.2 Å². The molecule has 0 spiro atoms. The first-order valence-electron chi connectivity index (χ1n) is 9.03. The molecule has 0 aliphatic carbocycles. The Kier molecular flexibility index (Phi) is 6.36. The molecule has 0 unspecified atom stereocenters. The monoisotopic (exact) mass is 374 g/mol. The number of nitrogens with zero attached hydrogens (tertiary/aromatic N) is 2. The number of hydrogen-bond acceptors (Lipinski definition) is 6. The molecule has 0 aliphatic rings. The first kappa shape index (κ1) is 19.1. The van der Waals surface area contributed by atoms with Gasteiger partial charge in [-0.3, -0.25) is 0 Å². The number of carbonyl (C=O) groups excluding carboxylic acids is 1. The van der Waals surface area contributed by atoms with Crippen molar-refractivity contribution in [2.45, 2.75) is 6.92 Å². The third-order valence-electron chi connectivity index (χ3n) is 3.89. The lowest BCUT2D eigenvalue weighted by Crippen LogP contribution is -2.10. The van der Waals surface area contributed by atoms with E-state index in [1.165, 1.54) is 0 Å². The van der Waals surface area contributed by atoms with Gasteiger partial charge in [0.25, 0.3) is 0 Å². The molecular formula is C22H22N4O2. The smallest absolute Gasteiger partial charge is 0.340 e. The Labute approximate surface area is 164 Å². The molecule has 6 nitrogen and oxygen atoms in total. The SMILES string of the molecule is C=CCNc1cc(-c2ccccc2)nc(Nc2ccccc2C(=O)OCC)n1. The fourth-order valence-electron chi connectivity index (χ4n) is 2.63. The lowest BCUT2D eigenvalue weighted by molar-refractivity contribution is 0.0527. The molecule has 2 aromatic carbocycles. The highest BCUT2D eigenvalue weighted by atomic mass is 16.5. The third-order valence-corrected chi connectivity index (χ3v) is 3.89. The zero-order valence-corrected chi connectivity index (χ0v) is 15.7. The van der Waals surface area contributed by atoms with Gasteiger partial charge in [-0.2, -0.15) is 4.98 Å². The number of ether oxygens (including phenoxy) is 1. The van der Waals surface area contributed by atoms with E-state index in [0.717, 1.165) is 11.3 Å². The first-order valence-corrected chi connectivity index (χ1v) is 9.03. The van der Waals surface area contributed by atoms with Crippen LogP contribution < -0.4 is 10.6 Å². The van der Waals surface area contributed by atoms with Crippen LogP contribution in [0.25, 0.3) is 11.3 Å². The Balaban J connectivity index is 1.98. The second-order valence-electron chi connectivity index (χ2n) is 5.89. The fraction of sp³-hybridized carbons (Fsp3) is 0.136. The summed E-state index contributed by atoms with van der Waals surface area (Å²) in [4.78, 5) is 21.3. The van der Waals surface area contributed by atoms with Crippen LogP contribution in [0, 0.1) is 0 Å². The molecule has 3 rings (SSSR count). The highest BCUT2D eigenvalue weighted by molar-refractivity contribution is 5.96. The van der Waals surface area contributed by atoms with Gasteiger partial charge in [-0.05, 0) is 19.1 Å². The van der Waals surface area contributed by atoms with Gasteiger partial charge in [0.2, 0.25) is 5.95 Å². The topological polar surface area (TPSA) is 76.1 Å². The number of hydrogen-bond donors (Lipinski definition) is 2. The Hall–Kier alpha value is -3.67. The average molecular weight is 374 g/mol. The Morgan fingerprint density at radius 3 is 2.61 bits per heavy atom. The largest absolute Gasteiger partial charge is 0.462 e. The number of anilines is 3. The number of para-hydroxylation sites is 1. The molecule has 0 amide bonds. The maximum atomic E-state index is 12.2. The molecule has 2 N–H and O–H groups in total. The van der Waals surface area contributed by atoms with Gasteiger partial charge in [0, 0.05) is 18.2 Å². The number of nitrogens with one attached hydrogen (secondary N) is 2. The quantitative estimate of drug-likeness (QED) is 0.441. The predicted molar refractivity (Wildman–Crippen MR) is 112 cm³/mol. The predicted octanol–water partition coefficient (Wildman–Crippen LogP) is 4.66. The Morgan fingerprint density at radius 2 is 1.86 bits per heavy atom. The minimum Gasteiger partial charge on any atom is -0.462 e. The molecular weight excluding hydrogens is 352 g/mol. The summed E-state index contributed by atoms with van der Waals surface area (Å²) in [6.45, 7) is 6.38. The van der Waals surface area contributed by atoms with Crippen molar-refractivity contribution in [1.82, 2.24) is 9.97 Å². The molecule has 0 saturated carbocycles. The van der Waals surface area contributed by atoms with Crippen LogP contribution in [-0.2, 0) is 4.74 Å². The van der Waals surface area contributed by atoms with Crippen molar-refractivity contribution >= 4 is 23.4 Å². The molecule has 142 valence electrons. The molecule has 0 radical (unpaired) electrons. The van der Waals surface area contributed by atoms with Crippen LogP contribution in [-0.4, -0.2) is 29.1 Å². The normalized spacial score (nSPS) is 10.2. The lowest BCUT2D eigenvalue weighted by atomic mass is 10.1. The second kappa shape index (κ2) is 9.32. The minimum atomic E-state index is -0.394. The first-order chi connectivity index (χ1) is 13.7. The van der Waals surface area contributed by atoms with Crippen molar-refractivity contribution in [2.75, 3.05) is 23.8 Å². The van der Waals surface area contributed by atoms with E-state index in [1.54, 1.807) is 31.2 Å². The van der Waals surface area contributed by atoms with Crippen LogP contribution in [0.4, 0.5) is 17.5 Å². The fourth-order valence-corrected chi connectivity index (χ4v) is 2.63. The van der Waals surface area contributed by atoms with Gasteiger partial charge in [0.05, 0.1) is 23.6 Å². The standard InChI is InChI=1S/C22H22N4O2/c1-3-14-23-20-15-19(16-10-6-5-7-11-16)25-22(26-20)24-18-13-9-8-12-17(18)21(27)28-4-2/h3,5-13,15H,1,4,14H2,2H3,(H2,23,24,25,26). The van der Waals surface area contributed by atoms with E-state index in [4.69, 9.17) is 4.74 Å². The maximum absolute atomic E-state index is 12.2. The summed E-state index contributed by atoms with van der Waals surface area (Å²) < 4.78 is 5.13. The molecule has 0 atom stereocenters. The van der Waals surface area contributed by atoms with Crippen molar-refractivity contribution in [3.05, 3.63) is 78.9 Å². The van der Waals surface area contributed by atoms with Crippen molar-refractivity contribution in [3.8, 4) is 11.3 Å². The summed E-state index contributed by atoms with van der Waals surface area (Å²) >= 11 is 0. The van der Waals surface area contributed by atoms with Crippen LogP contribution in [0.2, 0.25) is 0 Å². The summed E-state index contributed by atoms with van der Waals surface area (Å²) in [5.74, 6) is 0.643. The van der Waals surface area contributed by atoms with Crippen LogP contribution in [0.1, 0.15) is 17.3 Å². The van der Waals surface area contributed by atoms with Gasteiger partial charge in [-0.15, -0.1) is 6.58 Å². The summed E-state index contributed by atoms with van der Waals surface area (Å²) in [5, 5.41) is 6.34. The lowest BCUT2D eigenvalue weighted by Gasteiger charge is -2.13. The molecule has 1 heterocycles. The molecule has 6 heteroatoms. The van der Waals surface area contributed by atoms with Crippen LogP contribution >= 0.6 is 0 Å². The molecule has 0 saturated heterocycles. The summed E-state index contributed by atoms with van der Waals surface area (Å²) in [7, 11) is 0. The van der Waals surface area contributed by atoms with Gasteiger partial charge < -0.3 is 15.4 Å². The zero-order valence-electron chi connectivity index (χ0n) is 15.7. The molecule has 3 aromatic rings. The van der Waals surface area contributed by atoms with Gasteiger partial charge in [-0.25, -0.2) is 9.78 Å². The van der Waals surface area contributed by atoms with Crippen molar-refractivity contribution in [3.63, 3.8) is 0 Å². The Morgan fingerprint density at radius 1 is 1.11 bits per heavy atom. The maximum Gasteiger partial charge on any atom is 0.340 e. The number of benzene rings is 2. The molecule has 28 heavy (non-hydrogen) atoms. The van der Waals surface area contributed by atoms with E-state index in [0.29, 0.717) is 36.2 Å². The van der Waals surface area contributed by atoms with Gasteiger partial charge >= 0.3 is 5.97 Å². The van der Waals surface area contributed by atoms with E-state index in [9.17, 15) is 4.79 Å². The van der Waals surface area contributed by atoms with Crippen molar-refractivity contribution < 1.29 is 9.53 Å². The van der Waals surface area contributed by atoms with Crippen LogP contribution in [0.5, 0.6) is 0 Å². The van der Waals surface area contributed by atoms with E-state index < -0.39 is 5.97 Å². The molecule has 0 aliphatic heterocycles. The highest BCUT2D eigenvalue weighted by Gasteiger charge is 2.14. The zero-order chi connectivity index (χ0) is 19.8.